The summed E-state index contributed by atoms with van der Waals surface area (Å²) >= 11 is 0. The maximum atomic E-state index is 10.3. The second kappa shape index (κ2) is 8.77. The Balaban J connectivity index is 0.000000263. The standard InChI is InChI=1S/C8H13N3O3.C8H15N3O/c1-8(2,12)3-4-10-6-7(5-9-10)11(13)14;1-8(2,12)3-4-11-6-7(9)5-10-11/h5-6,12H,3-4H2,1-2H3;5-6,12H,3-4,9H2,1-2H3. The largest absolute Gasteiger partial charge is 0.396 e. The SMILES string of the molecule is CC(C)(O)CCn1cc(N)cn1.CC(C)(O)CCn1cc([N+](=O)[O-])cn1. The van der Waals surface area contributed by atoms with E-state index in [1.54, 1.807) is 44.8 Å². The van der Waals surface area contributed by atoms with E-state index in [0.29, 0.717) is 31.6 Å². The first-order valence-corrected chi connectivity index (χ1v) is 8.25. The van der Waals surface area contributed by atoms with Gasteiger partial charge < -0.3 is 15.9 Å². The van der Waals surface area contributed by atoms with Crippen LogP contribution in [0.15, 0.2) is 24.8 Å². The Bertz CT molecular complexity index is 696. The van der Waals surface area contributed by atoms with Crippen LogP contribution in [-0.4, -0.2) is 45.9 Å². The Morgan fingerprint density at radius 1 is 1.04 bits per heavy atom. The number of hydrogen-bond acceptors (Lipinski definition) is 7. The molecule has 0 saturated heterocycles. The van der Waals surface area contributed by atoms with Crippen LogP contribution in [0.1, 0.15) is 40.5 Å². The number of nitrogens with zero attached hydrogens (tertiary/aromatic N) is 5. The van der Waals surface area contributed by atoms with Gasteiger partial charge in [-0.05, 0) is 40.5 Å². The van der Waals surface area contributed by atoms with Gasteiger partial charge in [-0.1, -0.05) is 0 Å². The van der Waals surface area contributed by atoms with Gasteiger partial charge in [0.25, 0.3) is 0 Å². The Hall–Kier alpha value is -2.46. The van der Waals surface area contributed by atoms with Crippen molar-refractivity contribution in [2.75, 3.05) is 5.73 Å². The summed E-state index contributed by atoms with van der Waals surface area (Å²) in [5, 5.41) is 37.0. The number of nitro groups is 1. The number of aliphatic hydroxyl groups is 2. The highest BCUT2D eigenvalue weighted by molar-refractivity contribution is 5.30. The first-order valence-electron chi connectivity index (χ1n) is 8.25. The third-order valence-corrected chi connectivity index (χ3v) is 3.39. The molecule has 0 aliphatic heterocycles. The van der Waals surface area contributed by atoms with Gasteiger partial charge in [0.15, 0.2) is 0 Å². The third-order valence-electron chi connectivity index (χ3n) is 3.39. The Labute approximate surface area is 152 Å². The minimum Gasteiger partial charge on any atom is -0.396 e. The summed E-state index contributed by atoms with van der Waals surface area (Å²) < 4.78 is 3.18. The summed E-state index contributed by atoms with van der Waals surface area (Å²) in [6.45, 7) is 8.09. The van der Waals surface area contributed by atoms with E-state index in [9.17, 15) is 20.3 Å². The summed E-state index contributed by atoms with van der Waals surface area (Å²) in [7, 11) is 0. The normalized spacial score (nSPS) is 11.8. The van der Waals surface area contributed by atoms with E-state index in [1.807, 2.05) is 0 Å². The topological polar surface area (TPSA) is 145 Å². The zero-order valence-corrected chi connectivity index (χ0v) is 15.7. The molecule has 0 aliphatic rings. The van der Waals surface area contributed by atoms with Crippen molar-refractivity contribution in [3.8, 4) is 0 Å². The van der Waals surface area contributed by atoms with Crippen molar-refractivity contribution in [2.45, 2.75) is 64.8 Å². The highest BCUT2D eigenvalue weighted by Crippen LogP contribution is 2.12. The van der Waals surface area contributed by atoms with E-state index in [1.165, 1.54) is 17.1 Å². The molecule has 0 saturated carbocycles. The molecule has 10 nitrogen and oxygen atoms in total. The maximum Gasteiger partial charge on any atom is 0.306 e. The lowest BCUT2D eigenvalue weighted by Gasteiger charge is -2.16. The van der Waals surface area contributed by atoms with Crippen LogP contribution in [0.5, 0.6) is 0 Å². The lowest BCUT2D eigenvalue weighted by molar-refractivity contribution is -0.385. The quantitative estimate of drug-likeness (QED) is 0.497. The Morgan fingerprint density at radius 3 is 1.85 bits per heavy atom. The van der Waals surface area contributed by atoms with Gasteiger partial charge in [0.2, 0.25) is 0 Å². The van der Waals surface area contributed by atoms with Gasteiger partial charge in [-0.25, -0.2) is 0 Å². The van der Waals surface area contributed by atoms with Crippen molar-refractivity contribution in [1.29, 1.82) is 0 Å². The minimum absolute atomic E-state index is 0.0271. The average molecular weight is 368 g/mol. The van der Waals surface area contributed by atoms with Crippen molar-refractivity contribution < 1.29 is 15.1 Å². The fourth-order valence-corrected chi connectivity index (χ4v) is 1.85. The van der Waals surface area contributed by atoms with Crippen LogP contribution in [0.3, 0.4) is 0 Å². The van der Waals surface area contributed by atoms with Crippen molar-refractivity contribution in [2.24, 2.45) is 0 Å². The molecule has 10 heteroatoms. The second-order valence-electron chi connectivity index (χ2n) is 7.38. The molecule has 0 unspecified atom stereocenters. The zero-order chi connectivity index (χ0) is 20.0. The van der Waals surface area contributed by atoms with E-state index in [2.05, 4.69) is 10.2 Å². The monoisotopic (exact) mass is 368 g/mol. The van der Waals surface area contributed by atoms with Gasteiger partial charge in [-0.2, -0.15) is 10.2 Å². The van der Waals surface area contributed by atoms with Crippen LogP contribution in [0.25, 0.3) is 0 Å². The van der Waals surface area contributed by atoms with Crippen LogP contribution in [0, 0.1) is 10.1 Å². The Morgan fingerprint density at radius 2 is 1.50 bits per heavy atom. The molecule has 2 aromatic rings. The second-order valence-corrected chi connectivity index (χ2v) is 7.38. The molecule has 0 bridgehead atoms. The van der Waals surface area contributed by atoms with Crippen LogP contribution < -0.4 is 5.73 Å². The molecule has 26 heavy (non-hydrogen) atoms. The lowest BCUT2D eigenvalue weighted by Crippen LogP contribution is -2.21. The Kier molecular flexibility index (Phi) is 7.28. The molecule has 0 radical (unpaired) electrons. The molecule has 0 spiro atoms. The van der Waals surface area contributed by atoms with Crippen LogP contribution in [0.4, 0.5) is 11.4 Å². The summed E-state index contributed by atoms with van der Waals surface area (Å²) in [6.07, 6.45) is 7.09. The average Bonchev–Trinajstić information content (AvgIpc) is 3.11. The molecule has 0 aliphatic carbocycles. The number of anilines is 1. The predicted octanol–water partition coefficient (Wildman–Crippen LogP) is 1.58. The molecule has 0 amide bonds. The summed E-state index contributed by atoms with van der Waals surface area (Å²) in [5.41, 5.74) is 4.69. The van der Waals surface area contributed by atoms with E-state index in [-0.39, 0.29) is 5.69 Å². The summed E-state index contributed by atoms with van der Waals surface area (Å²) in [4.78, 5) is 9.83. The summed E-state index contributed by atoms with van der Waals surface area (Å²) in [5.74, 6) is 0. The molecule has 0 fully saturated rings. The fraction of sp³-hybridized carbons (Fsp3) is 0.625. The number of nitrogen functional groups attached to an aromatic ring is 1. The van der Waals surface area contributed by atoms with E-state index < -0.39 is 16.1 Å². The fourth-order valence-electron chi connectivity index (χ4n) is 1.85. The molecule has 2 aromatic heterocycles. The van der Waals surface area contributed by atoms with E-state index >= 15 is 0 Å². The van der Waals surface area contributed by atoms with Gasteiger partial charge in [0.1, 0.15) is 12.4 Å². The minimum atomic E-state index is -0.777. The highest BCUT2D eigenvalue weighted by atomic mass is 16.6. The highest BCUT2D eigenvalue weighted by Gasteiger charge is 2.14. The molecular formula is C16H28N6O4. The first kappa shape index (κ1) is 21.6. The molecule has 2 rings (SSSR count). The van der Waals surface area contributed by atoms with Crippen molar-refractivity contribution in [3.63, 3.8) is 0 Å². The predicted molar refractivity (Wildman–Crippen MR) is 97.4 cm³/mol. The zero-order valence-electron chi connectivity index (χ0n) is 15.7. The number of rotatable bonds is 7. The van der Waals surface area contributed by atoms with Crippen LogP contribution >= 0.6 is 0 Å². The van der Waals surface area contributed by atoms with Gasteiger partial charge in [0, 0.05) is 19.3 Å². The molecule has 0 aromatic carbocycles. The molecule has 4 N–H and O–H groups in total. The molecule has 2 heterocycles. The van der Waals surface area contributed by atoms with Crippen LogP contribution in [-0.2, 0) is 13.1 Å². The van der Waals surface area contributed by atoms with Gasteiger partial charge in [0.05, 0.1) is 28.0 Å². The molecule has 0 atom stereocenters. The molecule has 146 valence electrons. The first-order chi connectivity index (χ1) is 11.9. The third kappa shape index (κ3) is 9.14. The van der Waals surface area contributed by atoms with Crippen molar-refractivity contribution in [1.82, 2.24) is 19.6 Å². The van der Waals surface area contributed by atoms with Gasteiger partial charge >= 0.3 is 5.69 Å². The number of aromatic nitrogens is 4. The van der Waals surface area contributed by atoms with E-state index in [0.717, 1.165) is 0 Å². The van der Waals surface area contributed by atoms with Crippen molar-refractivity contribution in [3.05, 3.63) is 34.9 Å². The van der Waals surface area contributed by atoms with E-state index in [4.69, 9.17) is 5.73 Å². The maximum absolute atomic E-state index is 10.3. The smallest absolute Gasteiger partial charge is 0.306 e. The summed E-state index contributed by atoms with van der Waals surface area (Å²) in [6, 6.07) is 0. The van der Waals surface area contributed by atoms with Gasteiger partial charge in [-0.15, -0.1) is 0 Å². The number of hydrogen-bond donors (Lipinski definition) is 3. The number of nitrogens with two attached hydrogens (primary N) is 1. The van der Waals surface area contributed by atoms with Crippen LogP contribution in [0.2, 0.25) is 0 Å². The van der Waals surface area contributed by atoms with Crippen molar-refractivity contribution >= 4 is 11.4 Å². The number of aryl methyl sites for hydroxylation is 2. The lowest BCUT2D eigenvalue weighted by atomic mass is 10.1. The molecular weight excluding hydrogens is 340 g/mol. The van der Waals surface area contributed by atoms with Gasteiger partial charge in [-0.3, -0.25) is 19.5 Å².